The van der Waals surface area contributed by atoms with E-state index in [2.05, 4.69) is 5.16 Å². The highest BCUT2D eigenvalue weighted by Gasteiger charge is 2.23. The van der Waals surface area contributed by atoms with Crippen LogP contribution in [0.15, 0.2) is 71.3 Å². The molecular weight excluding hydrogens is 461 g/mol. The Bertz CT molecular complexity index is 1280. The summed E-state index contributed by atoms with van der Waals surface area (Å²) in [4.78, 5) is 11.2. The minimum atomic E-state index is -0.957. The Kier molecular flexibility index (Phi) is 6.72. The van der Waals surface area contributed by atoms with E-state index in [-0.39, 0.29) is 18.1 Å². The van der Waals surface area contributed by atoms with Crippen LogP contribution in [0.4, 0.5) is 0 Å². The van der Waals surface area contributed by atoms with Crippen LogP contribution < -0.4 is 4.74 Å². The summed E-state index contributed by atoms with van der Waals surface area (Å²) in [6.07, 6.45) is 0. The van der Waals surface area contributed by atoms with Gasteiger partial charge >= 0.3 is 5.97 Å². The number of aromatic carboxylic acids is 1. The molecule has 0 fully saturated rings. The maximum atomic E-state index is 11.2. The highest BCUT2D eigenvalue weighted by molar-refractivity contribution is 6.39. The number of nitrogens with zero attached hydrogens (tertiary/aromatic N) is 1. The number of carbonyl (C=O) groups is 1. The van der Waals surface area contributed by atoms with Crippen molar-refractivity contribution in [2.45, 2.75) is 26.4 Å². The first-order valence-electron chi connectivity index (χ1n) is 10.3. The van der Waals surface area contributed by atoms with E-state index < -0.39 is 5.97 Å². The van der Waals surface area contributed by atoms with Crippen LogP contribution in [-0.2, 0) is 6.61 Å². The molecule has 7 heteroatoms. The van der Waals surface area contributed by atoms with Gasteiger partial charge in [-0.15, -0.1) is 0 Å². The zero-order valence-electron chi connectivity index (χ0n) is 18.0. The van der Waals surface area contributed by atoms with Crippen molar-refractivity contribution in [2.75, 3.05) is 0 Å². The predicted octanol–water partition coefficient (Wildman–Crippen LogP) is 7.72. The third-order valence-electron chi connectivity index (χ3n) is 5.22. The number of carboxylic acid groups (broad SMARTS) is 1. The molecule has 0 spiro atoms. The molecule has 0 bridgehead atoms. The third kappa shape index (κ3) is 4.90. The number of rotatable bonds is 7. The van der Waals surface area contributed by atoms with Gasteiger partial charge in [-0.2, -0.15) is 0 Å². The first-order valence-corrected chi connectivity index (χ1v) is 11.1. The summed E-state index contributed by atoms with van der Waals surface area (Å²) >= 11 is 12.8. The molecule has 0 aliphatic rings. The summed E-state index contributed by atoms with van der Waals surface area (Å²) in [5.41, 5.74) is 3.92. The SMILES string of the molecule is CC(C)c1onc(-c2c(Cl)cccc2Cl)c1COc1ccc(-c2cccc(C(=O)O)c2)cc1. The van der Waals surface area contributed by atoms with Crippen molar-refractivity contribution in [1.29, 1.82) is 0 Å². The van der Waals surface area contributed by atoms with Crippen molar-refractivity contribution < 1.29 is 19.2 Å². The summed E-state index contributed by atoms with van der Waals surface area (Å²) in [6, 6.07) is 19.6. The van der Waals surface area contributed by atoms with Gasteiger partial charge in [0.25, 0.3) is 0 Å². The van der Waals surface area contributed by atoms with Gasteiger partial charge in [-0.05, 0) is 47.5 Å². The maximum absolute atomic E-state index is 11.2. The van der Waals surface area contributed by atoms with E-state index in [0.717, 1.165) is 16.7 Å². The fourth-order valence-electron chi connectivity index (χ4n) is 3.57. The highest BCUT2D eigenvalue weighted by Crippen LogP contribution is 2.38. The lowest BCUT2D eigenvalue weighted by atomic mass is 10.0. The van der Waals surface area contributed by atoms with Crippen LogP contribution in [0, 0.1) is 0 Å². The molecule has 168 valence electrons. The van der Waals surface area contributed by atoms with Gasteiger partial charge < -0.3 is 14.4 Å². The van der Waals surface area contributed by atoms with E-state index in [1.165, 1.54) is 0 Å². The molecule has 0 radical (unpaired) electrons. The molecule has 0 saturated carbocycles. The quantitative estimate of drug-likeness (QED) is 0.292. The van der Waals surface area contributed by atoms with Crippen LogP contribution in [0.2, 0.25) is 10.0 Å². The summed E-state index contributed by atoms with van der Waals surface area (Å²) < 4.78 is 11.7. The molecule has 1 N–H and O–H groups in total. The lowest BCUT2D eigenvalue weighted by Crippen LogP contribution is -2.01. The van der Waals surface area contributed by atoms with Crippen molar-refractivity contribution in [3.8, 4) is 28.1 Å². The number of benzene rings is 3. The molecule has 33 heavy (non-hydrogen) atoms. The number of carboxylic acids is 1. The van der Waals surface area contributed by atoms with E-state index in [0.29, 0.717) is 32.8 Å². The van der Waals surface area contributed by atoms with Gasteiger partial charge in [-0.3, -0.25) is 0 Å². The lowest BCUT2D eigenvalue weighted by molar-refractivity contribution is 0.0697. The fourth-order valence-corrected chi connectivity index (χ4v) is 4.14. The van der Waals surface area contributed by atoms with Crippen molar-refractivity contribution in [2.24, 2.45) is 0 Å². The van der Waals surface area contributed by atoms with Crippen LogP contribution in [0.1, 0.15) is 41.4 Å². The van der Waals surface area contributed by atoms with Gasteiger partial charge in [0, 0.05) is 11.5 Å². The van der Waals surface area contributed by atoms with Gasteiger partial charge in [0.15, 0.2) is 0 Å². The van der Waals surface area contributed by atoms with Crippen LogP contribution >= 0.6 is 23.2 Å². The second-order valence-electron chi connectivity index (χ2n) is 7.82. The molecular formula is C26H21Cl2NO4. The number of hydrogen-bond donors (Lipinski definition) is 1. The molecule has 0 unspecified atom stereocenters. The smallest absolute Gasteiger partial charge is 0.335 e. The minimum Gasteiger partial charge on any atom is -0.489 e. The monoisotopic (exact) mass is 481 g/mol. The summed E-state index contributed by atoms with van der Waals surface area (Å²) in [7, 11) is 0. The third-order valence-corrected chi connectivity index (χ3v) is 5.85. The molecule has 3 aromatic carbocycles. The number of aromatic nitrogens is 1. The van der Waals surface area contributed by atoms with Crippen LogP contribution in [0.25, 0.3) is 22.4 Å². The van der Waals surface area contributed by atoms with Crippen LogP contribution in [-0.4, -0.2) is 16.2 Å². The molecule has 0 amide bonds. The van der Waals surface area contributed by atoms with E-state index in [1.54, 1.807) is 36.4 Å². The largest absolute Gasteiger partial charge is 0.489 e. The Morgan fingerprint density at radius 3 is 2.30 bits per heavy atom. The second kappa shape index (κ2) is 9.69. The van der Waals surface area contributed by atoms with Crippen molar-refractivity contribution in [1.82, 2.24) is 5.16 Å². The van der Waals surface area contributed by atoms with E-state index in [4.69, 9.17) is 32.5 Å². The maximum Gasteiger partial charge on any atom is 0.335 e. The summed E-state index contributed by atoms with van der Waals surface area (Å²) in [6.45, 7) is 4.26. The minimum absolute atomic E-state index is 0.0926. The van der Waals surface area contributed by atoms with E-state index in [1.807, 2.05) is 44.2 Å². The Labute approximate surface area is 201 Å². The zero-order valence-corrected chi connectivity index (χ0v) is 19.5. The average molecular weight is 482 g/mol. The molecule has 5 nitrogen and oxygen atoms in total. The van der Waals surface area contributed by atoms with Crippen molar-refractivity contribution in [3.05, 3.63) is 93.7 Å². The summed E-state index contributed by atoms with van der Waals surface area (Å²) in [5.74, 6) is 0.499. The Morgan fingerprint density at radius 2 is 1.67 bits per heavy atom. The fraction of sp³-hybridized carbons (Fsp3) is 0.154. The molecule has 0 saturated heterocycles. The Hall–Kier alpha value is -3.28. The normalized spacial score (nSPS) is 11.1. The summed E-state index contributed by atoms with van der Waals surface area (Å²) in [5, 5.41) is 14.4. The second-order valence-corrected chi connectivity index (χ2v) is 8.64. The average Bonchev–Trinajstić information content (AvgIpc) is 3.22. The molecule has 1 heterocycles. The Balaban J connectivity index is 1.59. The standard InChI is InChI=1S/C26H21Cl2NO4/c1-15(2)25-20(24(29-33-25)23-21(27)7-4-8-22(23)28)14-32-19-11-9-16(10-12-19)17-5-3-6-18(13-17)26(30)31/h3-13,15H,14H2,1-2H3,(H,30,31). The van der Waals surface area contributed by atoms with E-state index in [9.17, 15) is 9.90 Å². The lowest BCUT2D eigenvalue weighted by Gasteiger charge is -2.11. The molecule has 4 rings (SSSR count). The van der Waals surface area contributed by atoms with Gasteiger partial charge in [-0.1, -0.05) is 72.5 Å². The number of ether oxygens (including phenoxy) is 1. The predicted molar refractivity (Wildman–Crippen MR) is 129 cm³/mol. The topological polar surface area (TPSA) is 72.6 Å². The molecule has 1 aromatic heterocycles. The van der Waals surface area contributed by atoms with Crippen molar-refractivity contribution in [3.63, 3.8) is 0 Å². The van der Waals surface area contributed by atoms with Gasteiger partial charge in [0.05, 0.1) is 21.2 Å². The first kappa shape index (κ1) is 22.9. The molecule has 0 atom stereocenters. The highest BCUT2D eigenvalue weighted by atomic mass is 35.5. The van der Waals surface area contributed by atoms with Gasteiger partial charge in [0.2, 0.25) is 0 Å². The van der Waals surface area contributed by atoms with Gasteiger partial charge in [0.1, 0.15) is 23.8 Å². The number of halogens is 2. The zero-order chi connectivity index (χ0) is 23.5. The number of hydrogen-bond acceptors (Lipinski definition) is 4. The van der Waals surface area contributed by atoms with Gasteiger partial charge in [-0.25, -0.2) is 4.79 Å². The van der Waals surface area contributed by atoms with Crippen LogP contribution in [0.5, 0.6) is 5.75 Å². The molecule has 0 aliphatic carbocycles. The van der Waals surface area contributed by atoms with Crippen LogP contribution in [0.3, 0.4) is 0 Å². The Morgan fingerprint density at radius 1 is 1.00 bits per heavy atom. The first-order chi connectivity index (χ1) is 15.8. The molecule has 0 aliphatic heterocycles. The van der Waals surface area contributed by atoms with E-state index >= 15 is 0 Å². The van der Waals surface area contributed by atoms with Crippen molar-refractivity contribution >= 4 is 29.2 Å². The molecule has 4 aromatic rings.